The molecular weight excluding hydrogens is 306 g/mol. The van der Waals surface area contributed by atoms with Gasteiger partial charge in [-0.1, -0.05) is 0 Å². The second kappa shape index (κ2) is 6.16. The van der Waals surface area contributed by atoms with Crippen LogP contribution in [0.1, 0.15) is 12.1 Å². The second-order valence-corrected chi connectivity index (χ2v) is 5.09. The van der Waals surface area contributed by atoms with E-state index in [9.17, 15) is 14.4 Å². The predicted octanol–water partition coefficient (Wildman–Crippen LogP) is -1.14. The van der Waals surface area contributed by atoms with Gasteiger partial charge in [0, 0.05) is 19.5 Å². The van der Waals surface area contributed by atoms with Gasteiger partial charge in [-0.05, 0) is 0 Å². The van der Waals surface area contributed by atoms with Crippen LogP contribution in [0.2, 0.25) is 0 Å². The maximum atomic E-state index is 12.2. The molecule has 1 aliphatic rings. The van der Waals surface area contributed by atoms with E-state index in [2.05, 4.69) is 19.9 Å². The van der Waals surface area contributed by atoms with E-state index in [0.717, 1.165) is 0 Å². The van der Waals surface area contributed by atoms with Gasteiger partial charge in [-0.15, -0.1) is 0 Å². The van der Waals surface area contributed by atoms with Gasteiger partial charge in [-0.3, -0.25) is 19.4 Å². The number of morpholine rings is 1. The standard InChI is InChI=1S/C13H15N5O5/c19-8(20)2-1-7-11(21)15-10-9(14-7)12(22)17-13(16-10)18-3-5-23-6-4-18/h1-6H2,(H,19,20)(H2,15,16,17,21,22). The summed E-state index contributed by atoms with van der Waals surface area (Å²) in [5, 5.41) is 8.68. The SMILES string of the molecule is O=C(O)CCc1nc2c(=O)[nH]c(N3CCOCC3)nc2[nH]c1=O. The van der Waals surface area contributed by atoms with E-state index < -0.39 is 17.1 Å². The van der Waals surface area contributed by atoms with Gasteiger partial charge in [0.25, 0.3) is 11.1 Å². The molecule has 0 bridgehead atoms. The van der Waals surface area contributed by atoms with Gasteiger partial charge in [0.1, 0.15) is 5.69 Å². The molecule has 0 amide bonds. The number of aromatic nitrogens is 4. The van der Waals surface area contributed by atoms with Gasteiger partial charge >= 0.3 is 5.97 Å². The summed E-state index contributed by atoms with van der Waals surface area (Å²) in [6.07, 6.45) is -0.288. The molecule has 0 unspecified atom stereocenters. The number of anilines is 1. The zero-order valence-corrected chi connectivity index (χ0v) is 12.2. The number of carboxylic acids is 1. The zero-order valence-electron chi connectivity index (χ0n) is 12.2. The van der Waals surface area contributed by atoms with Crippen LogP contribution in [0.3, 0.4) is 0 Å². The Labute approximate surface area is 129 Å². The van der Waals surface area contributed by atoms with Crippen molar-refractivity contribution in [2.75, 3.05) is 31.2 Å². The fourth-order valence-corrected chi connectivity index (χ4v) is 2.33. The molecular formula is C13H15N5O5. The number of nitrogens with one attached hydrogen (secondary N) is 2. The Morgan fingerprint density at radius 3 is 2.61 bits per heavy atom. The minimum Gasteiger partial charge on any atom is -0.481 e. The minimum absolute atomic E-state index is 0.00585. The first-order valence-corrected chi connectivity index (χ1v) is 7.12. The van der Waals surface area contributed by atoms with E-state index in [1.165, 1.54) is 0 Å². The Morgan fingerprint density at radius 2 is 1.91 bits per heavy atom. The van der Waals surface area contributed by atoms with Crippen molar-refractivity contribution in [3.63, 3.8) is 0 Å². The van der Waals surface area contributed by atoms with Crippen LogP contribution in [0, 0.1) is 0 Å². The van der Waals surface area contributed by atoms with Crippen LogP contribution < -0.4 is 16.0 Å². The van der Waals surface area contributed by atoms with Crippen LogP contribution >= 0.6 is 0 Å². The highest BCUT2D eigenvalue weighted by Crippen LogP contribution is 2.10. The lowest BCUT2D eigenvalue weighted by atomic mass is 10.2. The molecule has 0 aromatic carbocycles. The number of rotatable bonds is 4. The Morgan fingerprint density at radius 1 is 1.17 bits per heavy atom. The van der Waals surface area contributed by atoms with Crippen molar-refractivity contribution in [3.8, 4) is 0 Å². The number of hydrogen-bond acceptors (Lipinski definition) is 7. The van der Waals surface area contributed by atoms with Crippen molar-refractivity contribution < 1.29 is 14.6 Å². The van der Waals surface area contributed by atoms with Crippen molar-refractivity contribution in [2.24, 2.45) is 0 Å². The molecule has 3 rings (SSSR count). The number of carbonyl (C=O) groups is 1. The summed E-state index contributed by atoms with van der Waals surface area (Å²) in [6.45, 7) is 2.24. The molecule has 3 N–H and O–H groups in total. The van der Waals surface area contributed by atoms with Gasteiger partial charge in [0.15, 0.2) is 11.2 Å². The van der Waals surface area contributed by atoms with Gasteiger partial charge in [-0.25, -0.2) is 4.98 Å². The number of aryl methyl sites for hydroxylation is 1. The van der Waals surface area contributed by atoms with Crippen LogP contribution in [-0.4, -0.2) is 57.3 Å². The molecule has 23 heavy (non-hydrogen) atoms. The Hall–Kier alpha value is -2.75. The molecule has 2 aromatic rings. The highest BCUT2D eigenvalue weighted by molar-refractivity contribution is 5.70. The van der Waals surface area contributed by atoms with Gasteiger partial charge in [-0.2, -0.15) is 4.98 Å². The Bertz CT molecular complexity index is 852. The highest BCUT2D eigenvalue weighted by Gasteiger charge is 2.17. The molecule has 10 heteroatoms. The predicted molar refractivity (Wildman–Crippen MR) is 79.8 cm³/mol. The third-order valence-corrected chi connectivity index (χ3v) is 3.51. The van der Waals surface area contributed by atoms with Crippen LogP contribution in [-0.2, 0) is 16.0 Å². The summed E-state index contributed by atoms with van der Waals surface area (Å²) in [5.74, 6) is -0.692. The number of carboxylic acid groups (broad SMARTS) is 1. The van der Waals surface area contributed by atoms with Crippen LogP contribution in [0.5, 0.6) is 0 Å². The lowest BCUT2D eigenvalue weighted by molar-refractivity contribution is -0.136. The summed E-state index contributed by atoms with van der Waals surface area (Å²) >= 11 is 0. The molecule has 122 valence electrons. The number of ether oxygens (including phenoxy) is 1. The van der Waals surface area contributed by atoms with E-state index in [1.54, 1.807) is 0 Å². The lowest BCUT2D eigenvalue weighted by Gasteiger charge is -2.27. The first-order valence-electron chi connectivity index (χ1n) is 7.12. The normalized spacial score (nSPS) is 15.0. The van der Waals surface area contributed by atoms with Gasteiger partial charge in [0.05, 0.1) is 19.6 Å². The van der Waals surface area contributed by atoms with Crippen LogP contribution in [0.15, 0.2) is 9.59 Å². The summed E-state index contributed by atoms with van der Waals surface area (Å²) in [4.78, 5) is 49.9. The Balaban J connectivity index is 2.01. The third kappa shape index (κ3) is 3.21. The van der Waals surface area contributed by atoms with Crippen molar-refractivity contribution >= 4 is 23.1 Å². The average molecular weight is 321 g/mol. The smallest absolute Gasteiger partial charge is 0.303 e. The molecule has 10 nitrogen and oxygen atoms in total. The number of aromatic amines is 2. The summed E-state index contributed by atoms with van der Waals surface area (Å²) in [6, 6.07) is 0. The molecule has 0 atom stereocenters. The van der Waals surface area contributed by atoms with E-state index >= 15 is 0 Å². The quantitative estimate of drug-likeness (QED) is 0.641. The Kier molecular flexibility index (Phi) is 4.06. The fraction of sp³-hybridized carbons (Fsp3) is 0.462. The minimum atomic E-state index is -1.04. The molecule has 0 spiro atoms. The van der Waals surface area contributed by atoms with Crippen molar-refractivity contribution in [2.45, 2.75) is 12.8 Å². The van der Waals surface area contributed by atoms with Crippen molar-refractivity contribution in [1.29, 1.82) is 0 Å². The zero-order chi connectivity index (χ0) is 16.4. The van der Waals surface area contributed by atoms with E-state index in [-0.39, 0.29) is 29.7 Å². The monoisotopic (exact) mass is 321 g/mol. The summed E-state index contributed by atoms with van der Waals surface area (Å²) in [5.41, 5.74) is -0.943. The van der Waals surface area contributed by atoms with Crippen molar-refractivity contribution in [3.05, 3.63) is 26.4 Å². The molecule has 0 saturated carbocycles. The van der Waals surface area contributed by atoms with E-state index in [1.807, 2.05) is 4.90 Å². The highest BCUT2D eigenvalue weighted by atomic mass is 16.5. The lowest BCUT2D eigenvalue weighted by Crippen LogP contribution is -2.38. The number of nitrogens with zero attached hydrogens (tertiary/aromatic N) is 3. The molecule has 1 fully saturated rings. The van der Waals surface area contributed by atoms with Gasteiger partial charge in [0.2, 0.25) is 5.95 Å². The molecule has 3 heterocycles. The van der Waals surface area contributed by atoms with Gasteiger partial charge < -0.3 is 19.7 Å². The second-order valence-electron chi connectivity index (χ2n) is 5.09. The number of H-pyrrole nitrogens is 2. The maximum Gasteiger partial charge on any atom is 0.303 e. The number of fused-ring (bicyclic) bond motifs is 1. The third-order valence-electron chi connectivity index (χ3n) is 3.51. The van der Waals surface area contributed by atoms with Crippen LogP contribution in [0.4, 0.5) is 5.95 Å². The number of aliphatic carboxylic acids is 1. The molecule has 1 saturated heterocycles. The fourth-order valence-electron chi connectivity index (χ4n) is 2.33. The van der Waals surface area contributed by atoms with E-state index in [4.69, 9.17) is 9.84 Å². The molecule has 2 aromatic heterocycles. The van der Waals surface area contributed by atoms with E-state index in [0.29, 0.717) is 32.3 Å². The molecule has 1 aliphatic heterocycles. The summed E-state index contributed by atoms with van der Waals surface area (Å²) in [7, 11) is 0. The molecule has 0 radical (unpaired) electrons. The van der Waals surface area contributed by atoms with Crippen molar-refractivity contribution in [1.82, 2.24) is 19.9 Å². The average Bonchev–Trinajstić information content (AvgIpc) is 2.53. The van der Waals surface area contributed by atoms with Crippen LogP contribution in [0.25, 0.3) is 11.2 Å². The number of hydrogen-bond donors (Lipinski definition) is 3. The maximum absolute atomic E-state index is 12.2. The molecule has 0 aliphatic carbocycles. The summed E-state index contributed by atoms with van der Waals surface area (Å²) < 4.78 is 5.24. The first-order chi connectivity index (χ1) is 11.0. The first kappa shape index (κ1) is 15.2. The largest absolute Gasteiger partial charge is 0.481 e. The topological polar surface area (TPSA) is 141 Å².